The Kier molecular flexibility index (Phi) is 8.25. The Morgan fingerprint density at radius 2 is 1.58 bits per heavy atom. The number of hydrogen-bond donors (Lipinski definition) is 1. The molecule has 0 radical (unpaired) electrons. The summed E-state index contributed by atoms with van der Waals surface area (Å²) in [6.07, 6.45) is 6.54. The van der Waals surface area contributed by atoms with Gasteiger partial charge in [-0.2, -0.15) is 0 Å². The smallest absolute Gasteiger partial charge is 0.241 e. The third-order valence-corrected chi connectivity index (χ3v) is 7.31. The fourth-order valence-electron chi connectivity index (χ4n) is 5.75. The number of carbonyl (C=O) groups excluding carboxylic acids is 2. The van der Waals surface area contributed by atoms with E-state index in [1.165, 1.54) is 18.4 Å². The Balaban J connectivity index is 0.00000136. The third-order valence-electron chi connectivity index (χ3n) is 7.31. The highest BCUT2D eigenvalue weighted by Crippen LogP contribution is 2.33. The van der Waals surface area contributed by atoms with Crippen LogP contribution in [-0.4, -0.2) is 73.0 Å². The molecule has 4 aliphatic heterocycles. The van der Waals surface area contributed by atoms with Gasteiger partial charge in [0.05, 0.1) is 6.54 Å². The van der Waals surface area contributed by atoms with Gasteiger partial charge in [-0.05, 0) is 49.7 Å². The van der Waals surface area contributed by atoms with Gasteiger partial charge in [0.25, 0.3) is 0 Å². The molecule has 2 bridgehead atoms. The van der Waals surface area contributed by atoms with E-state index in [0.717, 1.165) is 57.7 Å². The molecule has 0 aromatic heterocycles. The number of halogens is 2. The Labute approximate surface area is 197 Å². The SMILES string of the molecule is Cl.Cl.O=C(CC1CC2CCC(C1)N2)N1CCN(CC(=O)N2CCc3ccccc32)CC1. The molecule has 31 heavy (non-hydrogen) atoms. The van der Waals surface area contributed by atoms with Crippen molar-refractivity contribution in [2.75, 3.05) is 44.2 Å². The lowest BCUT2D eigenvalue weighted by Gasteiger charge is -2.36. The van der Waals surface area contributed by atoms with Gasteiger partial charge in [0.1, 0.15) is 0 Å². The summed E-state index contributed by atoms with van der Waals surface area (Å²) in [4.78, 5) is 31.8. The van der Waals surface area contributed by atoms with E-state index in [0.29, 0.717) is 36.9 Å². The zero-order chi connectivity index (χ0) is 19.8. The fourth-order valence-corrected chi connectivity index (χ4v) is 5.75. The lowest BCUT2D eigenvalue weighted by Crippen LogP contribution is -2.52. The summed E-state index contributed by atoms with van der Waals surface area (Å²) in [6.45, 7) is 4.33. The Bertz CT molecular complexity index is 773. The second-order valence-corrected chi connectivity index (χ2v) is 9.26. The predicted octanol–water partition coefficient (Wildman–Crippen LogP) is 2.48. The van der Waals surface area contributed by atoms with Crippen molar-refractivity contribution in [3.05, 3.63) is 29.8 Å². The van der Waals surface area contributed by atoms with Crippen molar-refractivity contribution in [1.82, 2.24) is 15.1 Å². The van der Waals surface area contributed by atoms with Crippen molar-refractivity contribution in [1.29, 1.82) is 0 Å². The average molecular weight is 469 g/mol. The molecule has 2 atom stereocenters. The minimum Gasteiger partial charge on any atom is -0.340 e. The Hall–Kier alpha value is -1.34. The van der Waals surface area contributed by atoms with Gasteiger partial charge in [-0.25, -0.2) is 0 Å². The van der Waals surface area contributed by atoms with Crippen molar-refractivity contribution in [2.45, 2.75) is 50.6 Å². The molecule has 4 aliphatic rings. The number of nitrogens with zero attached hydrogens (tertiary/aromatic N) is 3. The molecule has 1 aromatic rings. The van der Waals surface area contributed by atoms with Crippen molar-refractivity contribution in [3.8, 4) is 0 Å². The van der Waals surface area contributed by atoms with Crippen LogP contribution in [0, 0.1) is 5.92 Å². The van der Waals surface area contributed by atoms with E-state index in [1.54, 1.807) is 0 Å². The molecule has 0 saturated carbocycles. The van der Waals surface area contributed by atoms with E-state index in [2.05, 4.69) is 16.3 Å². The minimum absolute atomic E-state index is 0. The summed E-state index contributed by atoms with van der Waals surface area (Å²) < 4.78 is 0. The fraction of sp³-hybridized carbons (Fsp3) is 0.652. The van der Waals surface area contributed by atoms with E-state index < -0.39 is 0 Å². The van der Waals surface area contributed by atoms with Crippen LogP contribution >= 0.6 is 24.8 Å². The van der Waals surface area contributed by atoms with Crippen molar-refractivity contribution in [3.63, 3.8) is 0 Å². The number of hydrogen-bond acceptors (Lipinski definition) is 4. The monoisotopic (exact) mass is 468 g/mol. The standard InChI is InChI=1S/C23H32N4O2.2ClH/c28-22(15-17-13-19-5-6-20(14-17)24-19)26-11-9-25(10-12-26)16-23(29)27-8-7-18-3-1-2-4-21(18)27;;/h1-4,17,19-20,24H,5-16H2;2*1H. The number of carbonyl (C=O) groups is 2. The average Bonchev–Trinajstić information content (AvgIpc) is 3.31. The van der Waals surface area contributed by atoms with Crippen LogP contribution in [0.5, 0.6) is 0 Å². The maximum Gasteiger partial charge on any atom is 0.241 e. The summed E-state index contributed by atoms with van der Waals surface area (Å²) in [7, 11) is 0. The number of benzene rings is 1. The molecule has 6 nitrogen and oxygen atoms in total. The van der Waals surface area contributed by atoms with Crippen molar-refractivity contribution < 1.29 is 9.59 Å². The van der Waals surface area contributed by atoms with Crippen LogP contribution in [0.1, 0.15) is 37.7 Å². The number of amides is 2. The van der Waals surface area contributed by atoms with Crippen molar-refractivity contribution in [2.24, 2.45) is 5.92 Å². The minimum atomic E-state index is 0. The first kappa shape index (κ1) is 24.3. The molecule has 2 amide bonds. The number of rotatable bonds is 4. The van der Waals surface area contributed by atoms with E-state index in [-0.39, 0.29) is 30.7 Å². The zero-order valence-corrected chi connectivity index (χ0v) is 19.6. The van der Waals surface area contributed by atoms with E-state index in [1.807, 2.05) is 28.0 Å². The molecule has 0 aliphatic carbocycles. The van der Waals surface area contributed by atoms with Gasteiger partial charge in [-0.3, -0.25) is 14.5 Å². The summed E-state index contributed by atoms with van der Waals surface area (Å²) >= 11 is 0. The van der Waals surface area contributed by atoms with Crippen molar-refractivity contribution >= 4 is 42.3 Å². The number of piperidine rings is 1. The van der Waals surface area contributed by atoms with Gasteiger partial charge >= 0.3 is 0 Å². The van der Waals surface area contributed by atoms with Crippen LogP contribution in [0.25, 0.3) is 0 Å². The molecule has 172 valence electrons. The molecular formula is C23H34Cl2N4O2. The Morgan fingerprint density at radius 3 is 2.29 bits per heavy atom. The molecule has 0 spiro atoms. The molecule has 8 heteroatoms. The number of anilines is 1. The van der Waals surface area contributed by atoms with E-state index in [9.17, 15) is 9.59 Å². The molecule has 1 N–H and O–H groups in total. The highest BCUT2D eigenvalue weighted by Gasteiger charge is 2.35. The van der Waals surface area contributed by atoms with Crippen LogP contribution in [0.3, 0.4) is 0 Å². The maximum absolute atomic E-state index is 12.8. The van der Waals surface area contributed by atoms with Gasteiger partial charge in [-0.1, -0.05) is 18.2 Å². The topological polar surface area (TPSA) is 55.9 Å². The van der Waals surface area contributed by atoms with Crippen LogP contribution in [0.4, 0.5) is 5.69 Å². The highest BCUT2D eigenvalue weighted by atomic mass is 35.5. The van der Waals surface area contributed by atoms with Crippen LogP contribution in [0.2, 0.25) is 0 Å². The molecular weight excluding hydrogens is 435 g/mol. The third kappa shape index (κ3) is 5.36. The second-order valence-electron chi connectivity index (χ2n) is 9.26. The normalized spacial score (nSPS) is 27.3. The van der Waals surface area contributed by atoms with E-state index >= 15 is 0 Å². The van der Waals surface area contributed by atoms with Gasteiger partial charge < -0.3 is 15.1 Å². The summed E-state index contributed by atoms with van der Waals surface area (Å²) in [5.74, 6) is 1.05. The summed E-state index contributed by atoms with van der Waals surface area (Å²) in [6, 6.07) is 9.49. The second kappa shape index (κ2) is 10.5. The highest BCUT2D eigenvalue weighted by molar-refractivity contribution is 5.96. The number of nitrogens with one attached hydrogen (secondary N) is 1. The molecule has 5 rings (SSSR count). The molecule has 3 fully saturated rings. The first-order valence-electron chi connectivity index (χ1n) is 11.3. The lowest BCUT2D eigenvalue weighted by atomic mass is 9.89. The lowest BCUT2D eigenvalue weighted by molar-refractivity contribution is -0.134. The largest absolute Gasteiger partial charge is 0.340 e. The zero-order valence-electron chi connectivity index (χ0n) is 18.0. The van der Waals surface area contributed by atoms with Crippen LogP contribution < -0.4 is 10.2 Å². The van der Waals surface area contributed by atoms with Gasteiger partial charge in [0.2, 0.25) is 11.8 Å². The molecule has 4 heterocycles. The predicted molar refractivity (Wildman–Crippen MR) is 127 cm³/mol. The van der Waals surface area contributed by atoms with Crippen LogP contribution in [-0.2, 0) is 16.0 Å². The molecule has 2 unspecified atom stereocenters. The summed E-state index contributed by atoms with van der Waals surface area (Å²) in [5.41, 5.74) is 2.34. The van der Waals surface area contributed by atoms with Crippen LogP contribution in [0.15, 0.2) is 24.3 Å². The molecule has 1 aromatic carbocycles. The quantitative estimate of drug-likeness (QED) is 0.737. The summed E-state index contributed by atoms with van der Waals surface area (Å²) in [5, 5.41) is 3.66. The number of fused-ring (bicyclic) bond motifs is 3. The Morgan fingerprint density at radius 1 is 0.903 bits per heavy atom. The van der Waals surface area contributed by atoms with Gasteiger partial charge in [0.15, 0.2) is 0 Å². The molecule has 3 saturated heterocycles. The number of para-hydroxylation sites is 1. The van der Waals surface area contributed by atoms with Gasteiger partial charge in [0, 0.05) is 56.9 Å². The first-order valence-corrected chi connectivity index (χ1v) is 11.3. The maximum atomic E-state index is 12.8. The van der Waals surface area contributed by atoms with E-state index in [4.69, 9.17) is 0 Å². The van der Waals surface area contributed by atoms with Gasteiger partial charge in [-0.15, -0.1) is 24.8 Å². The number of piperazine rings is 1. The first-order chi connectivity index (χ1) is 14.2.